The van der Waals surface area contributed by atoms with E-state index in [1.165, 1.54) is 44.1 Å². The fourth-order valence-electron chi connectivity index (χ4n) is 11.6. The summed E-state index contributed by atoms with van der Waals surface area (Å²) in [6, 6.07) is 10.7. The van der Waals surface area contributed by atoms with E-state index in [0.29, 0.717) is 18.5 Å². The molecule has 36 heavy (non-hydrogen) atoms. The summed E-state index contributed by atoms with van der Waals surface area (Å²) < 4.78 is 0. The first-order valence-corrected chi connectivity index (χ1v) is 15.1. The van der Waals surface area contributed by atoms with Crippen LogP contribution in [0.15, 0.2) is 30.3 Å². The van der Waals surface area contributed by atoms with E-state index in [4.69, 9.17) is 0 Å². The molecule has 8 aliphatic carbocycles. The minimum absolute atomic E-state index is 0.136. The first kappa shape index (κ1) is 22.2. The molecule has 1 aromatic carbocycles. The zero-order valence-corrected chi connectivity index (χ0v) is 21.7. The van der Waals surface area contributed by atoms with E-state index in [2.05, 4.69) is 40.1 Å². The van der Waals surface area contributed by atoms with Crippen LogP contribution in [0, 0.1) is 46.3 Å². The number of hydrogen-bond donors (Lipinski definition) is 0. The number of amides is 2. The van der Waals surface area contributed by atoms with Crippen molar-refractivity contribution in [3.8, 4) is 0 Å². The van der Waals surface area contributed by atoms with Crippen LogP contribution in [0.4, 0.5) is 0 Å². The molecule has 0 atom stereocenters. The van der Waals surface area contributed by atoms with Gasteiger partial charge in [0, 0.05) is 19.0 Å². The zero-order chi connectivity index (χ0) is 24.1. The van der Waals surface area contributed by atoms with Gasteiger partial charge in [-0.15, -0.1) is 0 Å². The highest BCUT2D eigenvalue weighted by atomic mass is 16.2. The maximum Gasteiger partial charge on any atom is 0.230 e. The Bertz CT molecular complexity index is 929. The lowest BCUT2D eigenvalue weighted by molar-refractivity contribution is -0.171. The minimum Gasteiger partial charge on any atom is -0.324 e. The monoisotopic (exact) mass is 486 g/mol. The number of nitrogens with zero attached hydrogens (tertiary/aromatic N) is 2. The summed E-state index contributed by atoms with van der Waals surface area (Å²) >= 11 is 0. The molecular formula is C32H42N2O2. The molecule has 9 fully saturated rings. The third kappa shape index (κ3) is 3.38. The van der Waals surface area contributed by atoms with Crippen molar-refractivity contribution in [1.82, 2.24) is 9.80 Å². The third-order valence-corrected chi connectivity index (χ3v) is 12.1. The van der Waals surface area contributed by atoms with Crippen LogP contribution in [-0.4, -0.2) is 41.4 Å². The highest BCUT2D eigenvalue weighted by Gasteiger charge is 2.58. The van der Waals surface area contributed by atoms with Crippen molar-refractivity contribution >= 4 is 11.8 Å². The van der Waals surface area contributed by atoms with E-state index in [0.717, 1.165) is 87.1 Å². The Morgan fingerprint density at radius 1 is 0.583 bits per heavy atom. The summed E-state index contributed by atoms with van der Waals surface area (Å²) in [7, 11) is 0. The predicted octanol–water partition coefficient (Wildman–Crippen LogP) is 5.83. The third-order valence-electron chi connectivity index (χ3n) is 12.1. The first-order valence-electron chi connectivity index (χ1n) is 15.1. The summed E-state index contributed by atoms with van der Waals surface area (Å²) in [4.78, 5) is 33.2. The van der Waals surface area contributed by atoms with Crippen LogP contribution in [0.2, 0.25) is 0 Å². The van der Waals surface area contributed by atoms with Gasteiger partial charge >= 0.3 is 0 Å². The van der Waals surface area contributed by atoms with Gasteiger partial charge in [-0.2, -0.15) is 0 Å². The molecule has 9 aliphatic rings. The van der Waals surface area contributed by atoms with Gasteiger partial charge in [0.1, 0.15) is 0 Å². The molecule has 1 saturated heterocycles. The summed E-state index contributed by atoms with van der Waals surface area (Å²) in [5, 5.41) is 0. The Labute approximate surface area is 216 Å². The van der Waals surface area contributed by atoms with Gasteiger partial charge < -0.3 is 9.80 Å². The molecule has 0 N–H and O–H groups in total. The Balaban J connectivity index is 1.10. The fraction of sp³-hybridized carbons (Fsp3) is 0.750. The number of benzene rings is 1. The van der Waals surface area contributed by atoms with Crippen LogP contribution in [0.25, 0.3) is 0 Å². The molecule has 1 aromatic rings. The Morgan fingerprint density at radius 3 is 1.31 bits per heavy atom. The molecule has 4 nitrogen and oxygen atoms in total. The molecule has 0 radical (unpaired) electrons. The lowest BCUT2D eigenvalue weighted by Gasteiger charge is -2.58. The molecule has 1 heterocycles. The molecule has 8 saturated carbocycles. The molecule has 192 valence electrons. The zero-order valence-electron chi connectivity index (χ0n) is 21.7. The van der Waals surface area contributed by atoms with Gasteiger partial charge in [-0.05, 0) is 118 Å². The van der Waals surface area contributed by atoms with Gasteiger partial charge in [0.2, 0.25) is 11.8 Å². The van der Waals surface area contributed by atoms with E-state index in [1.807, 2.05) is 0 Å². The van der Waals surface area contributed by atoms with Crippen LogP contribution in [0.3, 0.4) is 0 Å². The topological polar surface area (TPSA) is 40.6 Å². The molecule has 10 rings (SSSR count). The summed E-state index contributed by atoms with van der Waals surface area (Å²) in [6.07, 6.45) is 14.8. The average Bonchev–Trinajstić information content (AvgIpc) is 2.86. The van der Waals surface area contributed by atoms with E-state index in [9.17, 15) is 9.59 Å². The smallest absolute Gasteiger partial charge is 0.230 e. The second-order valence-corrected chi connectivity index (χ2v) is 14.7. The highest BCUT2D eigenvalue weighted by Crippen LogP contribution is 2.62. The van der Waals surface area contributed by atoms with Crippen molar-refractivity contribution in [2.75, 3.05) is 19.8 Å². The Hall–Kier alpha value is -1.84. The summed E-state index contributed by atoms with van der Waals surface area (Å²) in [5.41, 5.74) is 1.01. The first-order chi connectivity index (χ1) is 17.5. The van der Waals surface area contributed by atoms with Crippen molar-refractivity contribution in [2.45, 2.75) is 83.0 Å². The molecule has 2 amide bonds. The van der Waals surface area contributed by atoms with Crippen molar-refractivity contribution in [1.29, 1.82) is 0 Å². The van der Waals surface area contributed by atoms with Crippen LogP contribution in [0.5, 0.6) is 0 Å². The van der Waals surface area contributed by atoms with Gasteiger partial charge in [-0.3, -0.25) is 9.59 Å². The second-order valence-electron chi connectivity index (χ2n) is 14.7. The van der Waals surface area contributed by atoms with Crippen molar-refractivity contribution < 1.29 is 9.59 Å². The molecule has 8 bridgehead atoms. The molecular weight excluding hydrogens is 444 g/mol. The van der Waals surface area contributed by atoms with E-state index in [-0.39, 0.29) is 16.7 Å². The van der Waals surface area contributed by atoms with Crippen molar-refractivity contribution in [2.24, 2.45) is 46.3 Å². The lowest BCUT2D eigenvalue weighted by atomic mass is 9.49. The van der Waals surface area contributed by atoms with Gasteiger partial charge in [0.25, 0.3) is 0 Å². The normalized spacial score (nSPS) is 46.4. The van der Waals surface area contributed by atoms with Crippen LogP contribution in [0.1, 0.15) is 88.5 Å². The average molecular weight is 487 g/mol. The molecule has 0 aromatic heterocycles. The highest BCUT2D eigenvalue weighted by molar-refractivity contribution is 5.86. The standard InChI is InChI=1S/C32H42N2O2/c35-29(31-12-21-6-22(13-31)8-23(7-21)14-31)33-18-28(27-4-2-1-3-5-27)19-34(20-33)30(36)32-15-24-9-25(16-32)11-26(10-24)17-32/h1-5,21-26,28H,6-20H2. The Morgan fingerprint density at radius 2 is 0.944 bits per heavy atom. The summed E-state index contributed by atoms with van der Waals surface area (Å²) in [5.74, 6) is 5.59. The van der Waals surface area contributed by atoms with E-state index < -0.39 is 0 Å². The van der Waals surface area contributed by atoms with Crippen LogP contribution in [-0.2, 0) is 9.59 Å². The molecule has 1 aliphatic heterocycles. The largest absolute Gasteiger partial charge is 0.324 e. The Kier molecular flexibility index (Phi) is 4.83. The molecule has 0 unspecified atom stereocenters. The number of hydrogen-bond acceptors (Lipinski definition) is 2. The van der Waals surface area contributed by atoms with E-state index >= 15 is 0 Å². The van der Waals surface area contributed by atoms with Crippen LogP contribution < -0.4 is 0 Å². The molecule has 0 spiro atoms. The van der Waals surface area contributed by atoms with Gasteiger partial charge in [-0.1, -0.05) is 30.3 Å². The number of rotatable bonds is 3. The maximum absolute atomic E-state index is 14.4. The molecule has 4 heteroatoms. The van der Waals surface area contributed by atoms with Gasteiger partial charge in [0.05, 0.1) is 17.5 Å². The predicted molar refractivity (Wildman–Crippen MR) is 139 cm³/mol. The number of carbonyl (C=O) groups excluding carboxylic acids is 2. The quantitative estimate of drug-likeness (QED) is 0.539. The maximum atomic E-state index is 14.4. The second kappa shape index (κ2) is 7.84. The lowest BCUT2D eigenvalue weighted by Crippen LogP contribution is -2.62. The number of carbonyl (C=O) groups is 2. The fourth-order valence-corrected chi connectivity index (χ4v) is 11.6. The SMILES string of the molecule is O=C(N1CC(c2ccccc2)CN(C(=O)C23CC4CC(CC(C4)C2)C3)C1)C12CC3CC(CC(C3)C1)C2. The van der Waals surface area contributed by atoms with Gasteiger partial charge in [0.15, 0.2) is 0 Å². The minimum atomic E-state index is -0.136. The van der Waals surface area contributed by atoms with Gasteiger partial charge in [-0.25, -0.2) is 0 Å². The van der Waals surface area contributed by atoms with Crippen molar-refractivity contribution in [3.63, 3.8) is 0 Å². The van der Waals surface area contributed by atoms with Crippen molar-refractivity contribution in [3.05, 3.63) is 35.9 Å². The van der Waals surface area contributed by atoms with Crippen LogP contribution >= 0.6 is 0 Å². The van der Waals surface area contributed by atoms with E-state index in [1.54, 1.807) is 0 Å². The summed E-state index contributed by atoms with van der Waals surface area (Å²) in [6.45, 7) is 2.08.